The highest BCUT2D eigenvalue weighted by atomic mass is 16.3. The first-order valence-corrected chi connectivity index (χ1v) is 9.50. The summed E-state index contributed by atoms with van der Waals surface area (Å²) in [6, 6.07) is 24.4. The summed E-state index contributed by atoms with van der Waals surface area (Å²) in [4.78, 5) is 4.44. The maximum atomic E-state index is 7.83. The van der Waals surface area contributed by atoms with Gasteiger partial charge in [0.25, 0.3) is 0 Å². The average Bonchev–Trinajstić information content (AvgIpc) is 3.22. The number of pyridine rings is 1. The molecule has 138 valence electrons. The van der Waals surface area contributed by atoms with Crippen molar-refractivity contribution in [3.05, 3.63) is 90.1 Å². The van der Waals surface area contributed by atoms with E-state index in [0.29, 0.717) is 16.8 Å². The standard InChI is InChI=1S/C27H19NO/c1-16-14-24(28-15-17(16)2)22-8-5-9-23-26-21-11-10-18-6-3-4-7-19(18)20(21)12-13-25(26)29-27(22)23/h3-15H,1-2H3/i1D,2D3. The third-order valence-corrected chi connectivity index (χ3v) is 5.65. The number of nitrogens with zero attached hydrogens (tertiary/aromatic N) is 1. The Kier molecular flexibility index (Phi) is 2.60. The van der Waals surface area contributed by atoms with Gasteiger partial charge in [-0.25, -0.2) is 0 Å². The molecule has 0 fully saturated rings. The minimum absolute atomic E-state index is 0.121. The van der Waals surface area contributed by atoms with E-state index in [1.54, 1.807) is 6.07 Å². The van der Waals surface area contributed by atoms with Gasteiger partial charge < -0.3 is 4.42 Å². The van der Waals surface area contributed by atoms with E-state index in [1.807, 2.05) is 30.3 Å². The van der Waals surface area contributed by atoms with Gasteiger partial charge in [0.15, 0.2) is 0 Å². The van der Waals surface area contributed by atoms with Crippen molar-refractivity contribution < 1.29 is 9.90 Å². The lowest BCUT2D eigenvalue weighted by molar-refractivity contribution is 0.670. The van der Waals surface area contributed by atoms with Gasteiger partial charge in [0.05, 0.1) is 5.69 Å². The van der Waals surface area contributed by atoms with Crippen molar-refractivity contribution >= 4 is 43.5 Å². The van der Waals surface area contributed by atoms with Crippen molar-refractivity contribution in [1.29, 1.82) is 0 Å². The van der Waals surface area contributed by atoms with Gasteiger partial charge in [-0.1, -0.05) is 54.6 Å². The maximum Gasteiger partial charge on any atom is 0.144 e. The first kappa shape index (κ1) is 12.7. The molecule has 2 nitrogen and oxygen atoms in total. The zero-order valence-electron chi connectivity index (χ0n) is 19.6. The molecular formula is C27H19NO. The van der Waals surface area contributed by atoms with Crippen LogP contribution in [0.5, 0.6) is 0 Å². The molecule has 0 amide bonds. The minimum Gasteiger partial charge on any atom is -0.455 e. The summed E-state index contributed by atoms with van der Waals surface area (Å²) in [6.07, 6.45) is 1.37. The van der Waals surface area contributed by atoms with Gasteiger partial charge >= 0.3 is 0 Å². The predicted octanol–water partition coefficient (Wildman–Crippen LogP) is 7.57. The second-order valence-electron chi connectivity index (χ2n) is 7.33. The fourth-order valence-corrected chi connectivity index (χ4v) is 4.23. The monoisotopic (exact) mass is 377 g/mol. The molecule has 0 unspecified atom stereocenters. The number of hydrogen-bond donors (Lipinski definition) is 0. The zero-order valence-corrected chi connectivity index (χ0v) is 15.6. The molecule has 0 radical (unpaired) electrons. The molecule has 4 aromatic carbocycles. The van der Waals surface area contributed by atoms with Crippen molar-refractivity contribution in [3.63, 3.8) is 0 Å². The van der Waals surface area contributed by atoms with E-state index < -0.39 is 6.85 Å². The molecule has 0 saturated carbocycles. The lowest BCUT2D eigenvalue weighted by atomic mass is 9.97. The summed E-state index contributed by atoms with van der Waals surface area (Å²) < 4.78 is 37.3. The van der Waals surface area contributed by atoms with E-state index in [1.165, 1.54) is 22.4 Å². The van der Waals surface area contributed by atoms with Gasteiger partial charge in [-0.15, -0.1) is 0 Å². The van der Waals surface area contributed by atoms with Gasteiger partial charge in [0, 0.05) is 28.0 Å². The normalized spacial score (nSPS) is 14.2. The zero-order chi connectivity index (χ0) is 22.7. The maximum absolute atomic E-state index is 7.83. The molecule has 2 aromatic heterocycles. The van der Waals surface area contributed by atoms with E-state index >= 15 is 0 Å². The molecule has 0 aliphatic rings. The molecule has 6 rings (SSSR count). The molecule has 0 aliphatic heterocycles. The van der Waals surface area contributed by atoms with Crippen LogP contribution in [0.2, 0.25) is 0 Å². The summed E-state index contributed by atoms with van der Waals surface area (Å²) in [5.41, 5.74) is 3.45. The van der Waals surface area contributed by atoms with Crippen LogP contribution < -0.4 is 0 Å². The molecule has 6 aromatic rings. The van der Waals surface area contributed by atoms with Gasteiger partial charge in [-0.2, -0.15) is 0 Å². The van der Waals surface area contributed by atoms with Crippen molar-refractivity contribution in [2.45, 2.75) is 13.8 Å². The lowest BCUT2D eigenvalue weighted by Crippen LogP contribution is -1.88. The van der Waals surface area contributed by atoms with E-state index in [0.717, 1.165) is 27.3 Å². The molecule has 0 atom stereocenters. The van der Waals surface area contributed by atoms with Gasteiger partial charge in [0.1, 0.15) is 11.2 Å². The van der Waals surface area contributed by atoms with Crippen molar-refractivity contribution in [3.8, 4) is 11.3 Å². The number of furan rings is 1. The minimum atomic E-state index is -2.30. The van der Waals surface area contributed by atoms with Crippen LogP contribution in [0.3, 0.4) is 0 Å². The number of benzene rings is 4. The third-order valence-electron chi connectivity index (χ3n) is 5.65. The Hall–Kier alpha value is -3.65. The van der Waals surface area contributed by atoms with Crippen molar-refractivity contribution in [2.75, 3.05) is 0 Å². The van der Waals surface area contributed by atoms with Crippen molar-refractivity contribution in [2.24, 2.45) is 0 Å². The summed E-state index contributed by atoms with van der Waals surface area (Å²) in [5.74, 6) is 0. The Morgan fingerprint density at radius 3 is 2.62 bits per heavy atom. The van der Waals surface area contributed by atoms with Crippen molar-refractivity contribution in [1.82, 2.24) is 4.98 Å². The predicted molar refractivity (Wildman–Crippen MR) is 121 cm³/mol. The Morgan fingerprint density at radius 1 is 0.793 bits per heavy atom. The second kappa shape index (κ2) is 5.92. The largest absolute Gasteiger partial charge is 0.455 e. The Bertz CT molecular complexity index is 1700. The van der Waals surface area contributed by atoms with Crippen LogP contribution in [-0.4, -0.2) is 4.98 Å². The van der Waals surface area contributed by atoms with E-state index in [-0.39, 0.29) is 12.5 Å². The van der Waals surface area contributed by atoms with Crippen LogP contribution in [0.1, 0.15) is 16.6 Å². The quantitative estimate of drug-likeness (QED) is 0.276. The second-order valence-corrected chi connectivity index (χ2v) is 7.33. The highest BCUT2D eigenvalue weighted by molar-refractivity contribution is 6.24. The Labute approximate surface area is 174 Å². The van der Waals surface area contributed by atoms with Crippen LogP contribution in [0.25, 0.3) is 54.7 Å². The number of para-hydroxylation sites is 1. The molecule has 2 heterocycles. The number of aromatic nitrogens is 1. The molecule has 0 N–H and O–H groups in total. The molecule has 0 spiro atoms. The third kappa shape index (κ3) is 2.32. The fourth-order valence-electron chi connectivity index (χ4n) is 4.23. The summed E-state index contributed by atoms with van der Waals surface area (Å²) in [6.45, 7) is -2.42. The Balaban J connectivity index is 1.64. The van der Waals surface area contributed by atoms with E-state index in [2.05, 4.69) is 41.4 Å². The highest BCUT2D eigenvalue weighted by Crippen LogP contribution is 2.40. The first-order valence-electron chi connectivity index (χ1n) is 11.7. The smallest absolute Gasteiger partial charge is 0.144 e. The van der Waals surface area contributed by atoms with Gasteiger partial charge in [0.2, 0.25) is 0 Å². The highest BCUT2D eigenvalue weighted by Gasteiger charge is 2.16. The summed E-state index contributed by atoms with van der Waals surface area (Å²) in [5, 5.41) is 6.72. The summed E-state index contributed by atoms with van der Waals surface area (Å²) >= 11 is 0. The summed E-state index contributed by atoms with van der Waals surface area (Å²) in [7, 11) is 0. The average molecular weight is 377 g/mol. The molecule has 29 heavy (non-hydrogen) atoms. The molecule has 2 heteroatoms. The molecular weight excluding hydrogens is 354 g/mol. The fraction of sp³-hybridized carbons (Fsp3) is 0.0741. The SMILES string of the molecule is [2H]Cc1cc(-c2cccc3c2oc2ccc4c5ccccc5ccc4c23)ncc1C([2H])([2H])[2H]. The Morgan fingerprint density at radius 2 is 1.69 bits per heavy atom. The van der Waals surface area contributed by atoms with Gasteiger partial charge in [-0.05, 0) is 64.6 Å². The number of fused-ring (bicyclic) bond motifs is 7. The van der Waals surface area contributed by atoms with E-state index in [9.17, 15) is 0 Å². The molecule has 0 aliphatic carbocycles. The van der Waals surface area contributed by atoms with Crippen LogP contribution in [0, 0.1) is 13.8 Å². The first-order chi connectivity index (χ1) is 16.0. The number of aryl methyl sites for hydroxylation is 2. The molecule has 0 bridgehead atoms. The van der Waals surface area contributed by atoms with Gasteiger partial charge in [-0.3, -0.25) is 4.98 Å². The van der Waals surface area contributed by atoms with Crippen LogP contribution >= 0.6 is 0 Å². The van der Waals surface area contributed by atoms with E-state index in [4.69, 9.17) is 9.90 Å². The number of hydrogen-bond acceptors (Lipinski definition) is 2. The topological polar surface area (TPSA) is 26.0 Å². The number of rotatable bonds is 1. The lowest BCUT2D eigenvalue weighted by Gasteiger charge is -2.06. The van der Waals surface area contributed by atoms with Crippen LogP contribution in [0.4, 0.5) is 0 Å². The van der Waals surface area contributed by atoms with Crippen LogP contribution in [-0.2, 0) is 0 Å². The molecule has 0 saturated heterocycles. The van der Waals surface area contributed by atoms with Crippen LogP contribution in [0.15, 0.2) is 83.4 Å².